The van der Waals surface area contributed by atoms with Crippen LogP contribution in [0.15, 0.2) is 60.7 Å². The van der Waals surface area contributed by atoms with E-state index in [1.165, 1.54) is 19.2 Å². The molecule has 1 N–H and O–H groups in total. The van der Waals surface area contributed by atoms with Gasteiger partial charge in [0, 0.05) is 27.2 Å². The number of hydrogen-bond acceptors (Lipinski definition) is 2. The number of aromatic amines is 1. The van der Waals surface area contributed by atoms with E-state index in [1.807, 2.05) is 31.2 Å². The summed E-state index contributed by atoms with van der Waals surface area (Å²) in [7, 11) is 1.34. The van der Waals surface area contributed by atoms with Crippen LogP contribution in [0.1, 0.15) is 15.9 Å². The summed E-state index contributed by atoms with van der Waals surface area (Å²) in [4.78, 5) is 15.1. The number of ether oxygens (including phenoxy) is 1. The second kappa shape index (κ2) is 7.13. The zero-order valence-corrected chi connectivity index (χ0v) is 16.1. The molecule has 140 valence electrons. The van der Waals surface area contributed by atoms with Gasteiger partial charge in [0.15, 0.2) is 0 Å². The zero-order chi connectivity index (χ0) is 19.8. The zero-order valence-electron chi connectivity index (χ0n) is 15.3. The minimum atomic E-state index is -0.428. The Hall–Kier alpha value is -3.11. The highest BCUT2D eigenvalue weighted by molar-refractivity contribution is 6.33. The van der Waals surface area contributed by atoms with Gasteiger partial charge in [-0.1, -0.05) is 35.9 Å². The number of nitrogens with one attached hydrogen (secondary N) is 1. The van der Waals surface area contributed by atoms with Gasteiger partial charge in [0.1, 0.15) is 5.82 Å². The van der Waals surface area contributed by atoms with Crippen LogP contribution in [0.25, 0.3) is 33.3 Å². The van der Waals surface area contributed by atoms with Gasteiger partial charge < -0.3 is 9.72 Å². The molecule has 0 aliphatic rings. The molecule has 0 aliphatic carbocycles. The molecule has 4 aromatic rings. The molecular formula is C23H17ClFNO2. The largest absolute Gasteiger partial charge is 0.465 e. The fourth-order valence-electron chi connectivity index (χ4n) is 3.42. The van der Waals surface area contributed by atoms with Crippen LogP contribution in [0.3, 0.4) is 0 Å². The number of hydrogen-bond donors (Lipinski definition) is 1. The van der Waals surface area contributed by atoms with Crippen molar-refractivity contribution < 1.29 is 13.9 Å². The third-order valence-electron chi connectivity index (χ3n) is 4.87. The first-order valence-corrected chi connectivity index (χ1v) is 9.12. The Balaban J connectivity index is 1.79. The molecule has 28 heavy (non-hydrogen) atoms. The number of benzene rings is 3. The number of halogens is 2. The lowest BCUT2D eigenvalue weighted by molar-refractivity contribution is 0.0601. The molecule has 0 bridgehead atoms. The van der Waals surface area contributed by atoms with Gasteiger partial charge in [-0.25, -0.2) is 9.18 Å². The first-order valence-electron chi connectivity index (χ1n) is 8.74. The molecule has 3 aromatic carbocycles. The molecular weight excluding hydrogens is 377 g/mol. The molecule has 0 atom stereocenters. The summed E-state index contributed by atoms with van der Waals surface area (Å²) in [6.45, 7) is 1.97. The Morgan fingerprint density at radius 1 is 1.04 bits per heavy atom. The Morgan fingerprint density at radius 2 is 1.82 bits per heavy atom. The number of rotatable bonds is 3. The first-order chi connectivity index (χ1) is 13.5. The van der Waals surface area contributed by atoms with Crippen molar-refractivity contribution in [2.45, 2.75) is 6.92 Å². The van der Waals surface area contributed by atoms with E-state index in [2.05, 4.69) is 4.98 Å². The van der Waals surface area contributed by atoms with Crippen LogP contribution in [-0.2, 0) is 4.74 Å². The molecule has 4 rings (SSSR count). The summed E-state index contributed by atoms with van der Waals surface area (Å²) in [5, 5.41) is 1.33. The molecule has 0 radical (unpaired) electrons. The number of aryl methyl sites for hydroxylation is 1. The van der Waals surface area contributed by atoms with Gasteiger partial charge in [-0.05, 0) is 60.0 Å². The van der Waals surface area contributed by atoms with E-state index in [9.17, 15) is 9.18 Å². The third-order valence-corrected chi connectivity index (χ3v) is 5.19. The van der Waals surface area contributed by atoms with Crippen molar-refractivity contribution in [1.29, 1.82) is 0 Å². The smallest absolute Gasteiger partial charge is 0.337 e. The standard InChI is InChI=1S/C23H17ClFNO2/c1-13-19-12-17(25)7-9-21(19)26-22(13)15-5-3-4-14(10-15)18-8-6-16(11-20(18)24)23(27)28-2/h3-12,26H,1-2H3. The van der Waals surface area contributed by atoms with Crippen LogP contribution >= 0.6 is 11.6 Å². The van der Waals surface area contributed by atoms with Crippen LogP contribution in [0.5, 0.6) is 0 Å². The quantitative estimate of drug-likeness (QED) is 0.410. The van der Waals surface area contributed by atoms with Gasteiger partial charge in [-0.15, -0.1) is 0 Å². The van der Waals surface area contributed by atoms with E-state index >= 15 is 0 Å². The minimum Gasteiger partial charge on any atom is -0.465 e. The maximum Gasteiger partial charge on any atom is 0.337 e. The number of H-pyrrole nitrogens is 1. The van der Waals surface area contributed by atoms with Crippen molar-refractivity contribution in [3.05, 3.63) is 82.6 Å². The molecule has 0 saturated heterocycles. The summed E-state index contributed by atoms with van der Waals surface area (Å²) >= 11 is 6.42. The predicted molar refractivity (Wildman–Crippen MR) is 110 cm³/mol. The summed E-state index contributed by atoms with van der Waals surface area (Å²) in [5.74, 6) is -0.685. The van der Waals surface area contributed by atoms with E-state index in [0.717, 1.165) is 38.9 Å². The van der Waals surface area contributed by atoms with Crippen LogP contribution in [0.4, 0.5) is 4.39 Å². The van der Waals surface area contributed by atoms with Crippen LogP contribution in [0, 0.1) is 12.7 Å². The average molecular weight is 394 g/mol. The molecule has 0 fully saturated rings. The lowest BCUT2D eigenvalue weighted by Crippen LogP contribution is -2.00. The summed E-state index contributed by atoms with van der Waals surface area (Å²) in [6.07, 6.45) is 0. The molecule has 1 aromatic heterocycles. The van der Waals surface area contributed by atoms with E-state index in [1.54, 1.807) is 24.3 Å². The number of methoxy groups -OCH3 is 1. The van der Waals surface area contributed by atoms with E-state index in [-0.39, 0.29) is 5.82 Å². The second-order valence-corrected chi connectivity index (χ2v) is 6.99. The predicted octanol–water partition coefficient (Wildman–Crippen LogP) is 6.39. The normalized spacial score (nSPS) is 11.0. The van der Waals surface area contributed by atoms with E-state index in [4.69, 9.17) is 16.3 Å². The van der Waals surface area contributed by atoms with Crippen molar-refractivity contribution in [2.24, 2.45) is 0 Å². The van der Waals surface area contributed by atoms with Gasteiger partial charge in [-0.2, -0.15) is 0 Å². The summed E-state index contributed by atoms with van der Waals surface area (Å²) in [6, 6.07) is 17.7. The Kier molecular flexibility index (Phi) is 4.65. The maximum absolute atomic E-state index is 13.6. The van der Waals surface area contributed by atoms with Gasteiger partial charge in [-0.3, -0.25) is 0 Å². The van der Waals surface area contributed by atoms with Gasteiger partial charge in [0.2, 0.25) is 0 Å². The van der Waals surface area contributed by atoms with E-state index in [0.29, 0.717) is 10.6 Å². The number of carbonyl (C=O) groups excluding carboxylic acids is 1. The number of esters is 1. The van der Waals surface area contributed by atoms with Crippen molar-refractivity contribution >= 4 is 28.5 Å². The number of aromatic nitrogens is 1. The average Bonchev–Trinajstić information content (AvgIpc) is 3.03. The fraction of sp³-hybridized carbons (Fsp3) is 0.0870. The van der Waals surface area contributed by atoms with E-state index < -0.39 is 5.97 Å². The Labute approximate surface area is 166 Å². The van der Waals surface area contributed by atoms with Crippen molar-refractivity contribution in [1.82, 2.24) is 4.98 Å². The third kappa shape index (κ3) is 3.16. The Bertz CT molecular complexity index is 1210. The highest BCUT2D eigenvalue weighted by atomic mass is 35.5. The molecule has 1 heterocycles. The van der Waals surface area contributed by atoms with Gasteiger partial charge in [0.05, 0.1) is 12.7 Å². The lowest BCUT2D eigenvalue weighted by atomic mass is 9.99. The lowest BCUT2D eigenvalue weighted by Gasteiger charge is -2.09. The summed E-state index contributed by atoms with van der Waals surface area (Å²) < 4.78 is 18.3. The highest BCUT2D eigenvalue weighted by Crippen LogP contribution is 2.34. The Morgan fingerprint density at radius 3 is 2.57 bits per heavy atom. The molecule has 0 spiro atoms. The second-order valence-electron chi connectivity index (χ2n) is 6.58. The molecule has 0 saturated carbocycles. The van der Waals surface area contributed by atoms with Crippen molar-refractivity contribution in [2.75, 3.05) is 7.11 Å². The van der Waals surface area contributed by atoms with Gasteiger partial charge >= 0.3 is 5.97 Å². The molecule has 0 aliphatic heterocycles. The maximum atomic E-state index is 13.6. The number of fused-ring (bicyclic) bond motifs is 1. The van der Waals surface area contributed by atoms with Crippen molar-refractivity contribution in [3.8, 4) is 22.4 Å². The summed E-state index contributed by atoms with van der Waals surface area (Å²) in [5.41, 5.74) is 5.92. The minimum absolute atomic E-state index is 0.257. The fourth-order valence-corrected chi connectivity index (χ4v) is 3.71. The monoisotopic (exact) mass is 393 g/mol. The molecule has 0 amide bonds. The molecule has 5 heteroatoms. The van der Waals surface area contributed by atoms with Crippen LogP contribution in [0.2, 0.25) is 5.02 Å². The first kappa shape index (κ1) is 18.3. The topological polar surface area (TPSA) is 42.1 Å². The van der Waals surface area contributed by atoms with Crippen LogP contribution < -0.4 is 0 Å². The van der Waals surface area contributed by atoms with Crippen LogP contribution in [-0.4, -0.2) is 18.1 Å². The highest BCUT2D eigenvalue weighted by Gasteiger charge is 2.13. The number of carbonyl (C=O) groups is 1. The van der Waals surface area contributed by atoms with Crippen molar-refractivity contribution in [3.63, 3.8) is 0 Å². The molecule has 3 nitrogen and oxygen atoms in total. The SMILES string of the molecule is COC(=O)c1ccc(-c2cccc(-c3[nH]c4ccc(F)cc4c3C)c2)c(Cl)c1. The van der Waals surface area contributed by atoms with Gasteiger partial charge in [0.25, 0.3) is 0 Å². The molecule has 0 unspecified atom stereocenters.